The molecule has 5 nitrogen and oxygen atoms in total. The van der Waals surface area contributed by atoms with Gasteiger partial charge in [-0.25, -0.2) is 0 Å². The van der Waals surface area contributed by atoms with Crippen LogP contribution in [0.2, 0.25) is 0 Å². The Labute approximate surface area is 143 Å². The highest BCUT2D eigenvalue weighted by Crippen LogP contribution is 2.52. The van der Waals surface area contributed by atoms with Gasteiger partial charge in [0.1, 0.15) is 5.75 Å². The standard InChI is InChI=1S/C20H16O5/c21-11-3-1-10(2-4-11)5-12-13-6-17(22)19(24)8-15(13)16-9-20(25)18(23)7-14(12)16/h1-4,6-9,12,21-25H,5H2. The topological polar surface area (TPSA) is 101 Å². The van der Waals surface area contributed by atoms with E-state index in [2.05, 4.69) is 0 Å². The molecule has 5 heteroatoms. The average Bonchev–Trinajstić information content (AvgIpc) is 2.84. The largest absolute Gasteiger partial charge is 0.508 e. The molecule has 0 atom stereocenters. The Balaban J connectivity index is 1.88. The van der Waals surface area contributed by atoms with E-state index in [0.29, 0.717) is 17.5 Å². The van der Waals surface area contributed by atoms with Gasteiger partial charge in [-0.05, 0) is 70.6 Å². The first-order valence-electron chi connectivity index (χ1n) is 7.84. The molecule has 0 unspecified atom stereocenters. The zero-order valence-electron chi connectivity index (χ0n) is 13.1. The minimum atomic E-state index is -0.234. The summed E-state index contributed by atoms with van der Waals surface area (Å²) in [6.07, 6.45) is 0.578. The fraction of sp³-hybridized carbons (Fsp3) is 0.100. The molecular weight excluding hydrogens is 320 g/mol. The lowest BCUT2D eigenvalue weighted by atomic mass is 9.90. The quantitative estimate of drug-likeness (QED) is 0.461. The van der Waals surface area contributed by atoms with Gasteiger partial charge in [0.2, 0.25) is 0 Å². The molecule has 126 valence electrons. The van der Waals surface area contributed by atoms with Gasteiger partial charge in [-0.3, -0.25) is 0 Å². The summed E-state index contributed by atoms with van der Waals surface area (Å²) in [5.41, 5.74) is 4.02. The third kappa shape index (κ3) is 2.41. The lowest BCUT2D eigenvalue weighted by Crippen LogP contribution is -2.01. The van der Waals surface area contributed by atoms with Gasteiger partial charge in [-0.1, -0.05) is 12.1 Å². The SMILES string of the molecule is Oc1ccc(CC2c3cc(O)c(O)cc3-c3cc(O)c(O)cc32)cc1. The van der Waals surface area contributed by atoms with Crippen LogP contribution in [0.1, 0.15) is 22.6 Å². The lowest BCUT2D eigenvalue weighted by molar-refractivity contribution is 0.403. The maximum Gasteiger partial charge on any atom is 0.158 e. The van der Waals surface area contributed by atoms with E-state index in [-0.39, 0.29) is 34.7 Å². The van der Waals surface area contributed by atoms with Crippen molar-refractivity contribution < 1.29 is 25.5 Å². The first-order valence-corrected chi connectivity index (χ1v) is 7.84. The van der Waals surface area contributed by atoms with Crippen LogP contribution in [0, 0.1) is 0 Å². The predicted molar refractivity (Wildman–Crippen MR) is 92.2 cm³/mol. The van der Waals surface area contributed by atoms with E-state index in [1.165, 1.54) is 24.3 Å². The van der Waals surface area contributed by atoms with Crippen molar-refractivity contribution in [3.63, 3.8) is 0 Å². The van der Waals surface area contributed by atoms with Gasteiger partial charge in [0.15, 0.2) is 23.0 Å². The van der Waals surface area contributed by atoms with E-state index >= 15 is 0 Å². The monoisotopic (exact) mass is 336 g/mol. The van der Waals surface area contributed by atoms with Crippen molar-refractivity contribution in [2.24, 2.45) is 0 Å². The second-order valence-corrected chi connectivity index (χ2v) is 6.28. The van der Waals surface area contributed by atoms with E-state index < -0.39 is 0 Å². The van der Waals surface area contributed by atoms with Gasteiger partial charge < -0.3 is 25.5 Å². The highest BCUT2D eigenvalue weighted by molar-refractivity contribution is 5.83. The number of aromatic hydroxyl groups is 5. The molecule has 0 aliphatic heterocycles. The third-order valence-electron chi connectivity index (χ3n) is 4.71. The van der Waals surface area contributed by atoms with Gasteiger partial charge in [0.05, 0.1) is 0 Å². The minimum absolute atomic E-state index is 0.160. The van der Waals surface area contributed by atoms with Crippen LogP contribution in [-0.2, 0) is 6.42 Å². The fourth-order valence-electron chi connectivity index (χ4n) is 3.48. The molecular formula is C20H16O5. The zero-order valence-corrected chi connectivity index (χ0v) is 13.1. The Morgan fingerprint density at radius 1 is 0.600 bits per heavy atom. The Morgan fingerprint density at radius 3 is 1.52 bits per heavy atom. The molecule has 0 radical (unpaired) electrons. The summed E-state index contributed by atoms with van der Waals surface area (Å²) in [4.78, 5) is 0. The van der Waals surface area contributed by atoms with Crippen LogP contribution in [0.15, 0.2) is 48.5 Å². The number of phenolic OH excluding ortho intramolecular Hbond substituents is 5. The first kappa shape index (κ1) is 15.2. The van der Waals surface area contributed by atoms with Crippen LogP contribution in [0.5, 0.6) is 28.7 Å². The highest BCUT2D eigenvalue weighted by atomic mass is 16.3. The van der Waals surface area contributed by atoms with Crippen LogP contribution in [0.3, 0.4) is 0 Å². The maximum atomic E-state index is 9.91. The van der Waals surface area contributed by atoms with Gasteiger partial charge in [0, 0.05) is 5.92 Å². The number of rotatable bonds is 2. The van der Waals surface area contributed by atoms with Crippen molar-refractivity contribution in [1.82, 2.24) is 0 Å². The Hall–Kier alpha value is -3.34. The molecule has 1 aliphatic carbocycles. The van der Waals surface area contributed by atoms with Crippen LogP contribution in [0.4, 0.5) is 0 Å². The molecule has 25 heavy (non-hydrogen) atoms. The first-order chi connectivity index (χ1) is 11.9. The van der Waals surface area contributed by atoms with Crippen molar-refractivity contribution >= 4 is 0 Å². The summed E-state index contributed by atoms with van der Waals surface area (Å²) < 4.78 is 0. The molecule has 0 aromatic heterocycles. The predicted octanol–water partition coefficient (Wildman–Crippen LogP) is 3.57. The van der Waals surface area contributed by atoms with Gasteiger partial charge >= 0.3 is 0 Å². The van der Waals surface area contributed by atoms with E-state index in [0.717, 1.165) is 16.7 Å². The molecule has 5 N–H and O–H groups in total. The molecule has 0 saturated carbocycles. The number of fused-ring (bicyclic) bond motifs is 3. The minimum Gasteiger partial charge on any atom is -0.508 e. The van der Waals surface area contributed by atoms with Gasteiger partial charge in [-0.2, -0.15) is 0 Å². The van der Waals surface area contributed by atoms with E-state index in [9.17, 15) is 25.5 Å². The van der Waals surface area contributed by atoms with Crippen LogP contribution in [-0.4, -0.2) is 25.5 Å². The van der Waals surface area contributed by atoms with Crippen molar-refractivity contribution in [3.05, 3.63) is 65.2 Å². The van der Waals surface area contributed by atoms with Gasteiger partial charge in [0.25, 0.3) is 0 Å². The Bertz CT molecular complexity index is 919. The molecule has 0 spiro atoms. The Morgan fingerprint density at radius 2 is 1.04 bits per heavy atom. The van der Waals surface area contributed by atoms with E-state index in [1.54, 1.807) is 12.1 Å². The average molecular weight is 336 g/mol. The maximum absolute atomic E-state index is 9.91. The summed E-state index contributed by atoms with van der Waals surface area (Å²) >= 11 is 0. The van der Waals surface area contributed by atoms with Crippen LogP contribution >= 0.6 is 0 Å². The summed E-state index contributed by atoms with van der Waals surface area (Å²) in [6, 6.07) is 12.8. The second-order valence-electron chi connectivity index (χ2n) is 6.28. The van der Waals surface area contributed by atoms with E-state index in [1.807, 2.05) is 12.1 Å². The fourth-order valence-corrected chi connectivity index (χ4v) is 3.48. The summed E-state index contributed by atoms with van der Waals surface area (Å²) in [6.45, 7) is 0. The number of hydrogen-bond donors (Lipinski definition) is 5. The lowest BCUT2D eigenvalue weighted by Gasteiger charge is -2.15. The molecule has 0 saturated heterocycles. The zero-order chi connectivity index (χ0) is 17.7. The van der Waals surface area contributed by atoms with Crippen LogP contribution in [0.25, 0.3) is 11.1 Å². The molecule has 0 heterocycles. The number of benzene rings is 3. The van der Waals surface area contributed by atoms with Crippen LogP contribution < -0.4 is 0 Å². The molecule has 3 aromatic rings. The number of phenols is 5. The van der Waals surface area contributed by atoms with Gasteiger partial charge in [-0.15, -0.1) is 0 Å². The smallest absolute Gasteiger partial charge is 0.158 e. The van der Waals surface area contributed by atoms with Crippen molar-refractivity contribution in [3.8, 4) is 39.9 Å². The molecule has 0 amide bonds. The number of hydrogen-bond acceptors (Lipinski definition) is 5. The molecule has 0 bridgehead atoms. The second kappa shape index (κ2) is 5.34. The van der Waals surface area contributed by atoms with E-state index in [4.69, 9.17) is 0 Å². The normalized spacial score (nSPS) is 12.8. The van der Waals surface area contributed by atoms with Crippen molar-refractivity contribution in [1.29, 1.82) is 0 Å². The summed E-state index contributed by atoms with van der Waals surface area (Å²) in [5.74, 6) is -0.870. The van der Waals surface area contributed by atoms with Crippen molar-refractivity contribution in [2.75, 3.05) is 0 Å². The molecule has 1 aliphatic rings. The molecule has 0 fully saturated rings. The highest BCUT2D eigenvalue weighted by Gasteiger charge is 2.31. The van der Waals surface area contributed by atoms with Crippen molar-refractivity contribution in [2.45, 2.75) is 12.3 Å². The summed E-state index contributed by atoms with van der Waals surface area (Å²) in [7, 11) is 0. The Kier molecular flexibility index (Phi) is 3.25. The summed E-state index contributed by atoms with van der Waals surface area (Å²) in [5, 5.41) is 49.0. The molecule has 4 rings (SSSR count). The third-order valence-corrected chi connectivity index (χ3v) is 4.71. The molecule has 3 aromatic carbocycles.